The highest BCUT2D eigenvalue weighted by Gasteiger charge is 2.16. The van der Waals surface area contributed by atoms with E-state index in [1.165, 1.54) is 16.0 Å². The summed E-state index contributed by atoms with van der Waals surface area (Å²) in [6, 6.07) is 13.4. The molecule has 1 heterocycles. The molecular formula is C17H24N2S. The standard InChI is InChI=1S/C17H24N2S/c1-13(2)19(11-16-5-4-10-20-16)12-17(18)15-8-6-14(3)7-9-15/h4-10,13,17H,11-12,18H2,1-3H3. The maximum atomic E-state index is 6.37. The van der Waals surface area contributed by atoms with Crippen molar-refractivity contribution in [3.63, 3.8) is 0 Å². The summed E-state index contributed by atoms with van der Waals surface area (Å²) < 4.78 is 0. The van der Waals surface area contributed by atoms with E-state index in [4.69, 9.17) is 5.73 Å². The predicted octanol–water partition coefficient (Wildman–Crippen LogP) is 3.97. The van der Waals surface area contributed by atoms with E-state index in [-0.39, 0.29) is 6.04 Å². The zero-order valence-corrected chi connectivity index (χ0v) is 13.4. The molecule has 108 valence electrons. The minimum Gasteiger partial charge on any atom is -0.323 e. The second-order valence-corrected chi connectivity index (χ2v) is 6.65. The lowest BCUT2D eigenvalue weighted by Crippen LogP contribution is -2.36. The monoisotopic (exact) mass is 288 g/mol. The van der Waals surface area contributed by atoms with Gasteiger partial charge in [0.25, 0.3) is 0 Å². The van der Waals surface area contributed by atoms with Gasteiger partial charge in [-0.2, -0.15) is 0 Å². The summed E-state index contributed by atoms with van der Waals surface area (Å²) in [6.45, 7) is 8.44. The summed E-state index contributed by atoms with van der Waals surface area (Å²) in [4.78, 5) is 3.84. The third kappa shape index (κ3) is 4.17. The van der Waals surface area contributed by atoms with Crippen LogP contribution in [0, 0.1) is 6.92 Å². The fourth-order valence-electron chi connectivity index (χ4n) is 2.23. The molecule has 0 aliphatic heterocycles. The molecule has 0 amide bonds. The molecule has 2 aromatic rings. The molecule has 20 heavy (non-hydrogen) atoms. The zero-order valence-electron chi connectivity index (χ0n) is 12.5. The van der Waals surface area contributed by atoms with Crippen LogP contribution in [0.15, 0.2) is 41.8 Å². The van der Waals surface area contributed by atoms with Gasteiger partial charge in [0.2, 0.25) is 0 Å². The number of hydrogen-bond acceptors (Lipinski definition) is 3. The van der Waals surface area contributed by atoms with Crippen molar-refractivity contribution in [3.05, 3.63) is 57.8 Å². The van der Waals surface area contributed by atoms with Gasteiger partial charge in [0.1, 0.15) is 0 Å². The summed E-state index contributed by atoms with van der Waals surface area (Å²) in [7, 11) is 0. The molecule has 1 aromatic carbocycles. The maximum Gasteiger partial charge on any atom is 0.0424 e. The maximum absolute atomic E-state index is 6.37. The first-order valence-corrected chi connectivity index (χ1v) is 8.03. The molecule has 1 atom stereocenters. The van der Waals surface area contributed by atoms with Crippen LogP contribution >= 0.6 is 11.3 Å². The van der Waals surface area contributed by atoms with Crippen molar-refractivity contribution < 1.29 is 0 Å². The Bertz CT molecular complexity index is 502. The van der Waals surface area contributed by atoms with Gasteiger partial charge in [-0.15, -0.1) is 11.3 Å². The minimum atomic E-state index is 0.0676. The van der Waals surface area contributed by atoms with Crippen LogP contribution in [0.1, 0.15) is 35.9 Å². The first-order valence-electron chi connectivity index (χ1n) is 7.15. The van der Waals surface area contributed by atoms with Crippen LogP contribution in [0.5, 0.6) is 0 Å². The zero-order chi connectivity index (χ0) is 14.5. The van der Waals surface area contributed by atoms with Crippen LogP contribution < -0.4 is 5.73 Å². The van der Waals surface area contributed by atoms with Crippen LogP contribution in [0.25, 0.3) is 0 Å². The Balaban J connectivity index is 2.02. The summed E-state index contributed by atoms with van der Waals surface area (Å²) >= 11 is 1.81. The SMILES string of the molecule is Cc1ccc(C(N)CN(Cc2cccs2)C(C)C)cc1. The lowest BCUT2D eigenvalue weighted by atomic mass is 10.0. The molecule has 0 fully saturated rings. The van der Waals surface area contributed by atoms with E-state index in [1.54, 1.807) is 0 Å². The molecule has 0 aliphatic rings. The summed E-state index contributed by atoms with van der Waals surface area (Å²) in [5, 5.41) is 2.13. The average Bonchev–Trinajstić information content (AvgIpc) is 2.91. The van der Waals surface area contributed by atoms with E-state index in [9.17, 15) is 0 Å². The number of aryl methyl sites for hydroxylation is 1. The predicted molar refractivity (Wildman–Crippen MR) is 88.0 cm³/mol. The topological polar surface area (TPSA) is 29.3 Å². The van der Waals surface area contributed by atoms with Crippen LogP contribution in [-0.2, 0) is 6.54 Å². The molecule has 1 unspecified atom stereocenters. The van der Waals surface area contributed by atoms with Crippen molar-refractivity contribution in [3.8, 4) is 0 Å². The van der Waals surface area contributed by atoms with Gasteiger partial charge < -0.3 is 5.73 Å². The van der Waals surface area contributed by atoms with Gasteiger partial charge in [-0.05, 0) is 37.8 Å². The molecule has 0 saturated heterocycles. The van der Waals surface area contributed by atoms with Crippen molar-refractivity contribution in [2.45, 2.75) is 39.4 Å². The first kappa shape index (κ1) is 15.2. The highest BCUT2D eigenvalue weighted by molar-refractivity contribution is 7.09. The van der Waals surface area contributed by atoms with E-state index in [0.29, 0.717) is 6.04 Å². The second kappa shape index (κ2) is 7.02. The highest BCUT2D eigenvalue weighted by Crippen LogP contribution is 2.18. The Morgan fingerprint density at radius 3 is 2.40 bits per heavy atom. The Hall–Kier alpha value is -1.16. The van der Waals surface area contributed by atoms with Gasteiger partial charge in [-0.25, -0.2) is 0 Å². The van der Waals surface area contributed by atoms with Crippen molar-refractivity contribution in [1.82, 2.24) is 4.90 Å². The van der Waals surface area contributed by atoms with Crippen molar-refractivity contribution in [2.24, 2.45) is 5.73 Å². The van der Waals surface area contributed by atoms with Crippen LogP contribution in [0.4, 0.5) is 0 Å². The first-order chi connectivity index (χ1) is 9.56. The third-order valence-electron chi connectivity index (χ3n) is 3.61. The minimum absolute atomic E-state index is 0.0676. The quantitative estimate of drug-likeness (QED) is 0.871. The normalized spacial score (nSPS) is 13.1. The van der Waals surface area contributed by atoms with Gasteiger partial charge in [0.05, 0.1) is 0 Å². The van der Waals surface area contributed by atoms with E-state index >= 15 is 0 Å². The molecule has 3 heteroatoms. The molecule has 2 rings (SSSR count). The Labute approximate surface area is 126 Å². The van der Waals surface area contributed by atoms with Gasteiger partial charge in [-0.3, -0.25) is 4.90 Å². The molecule has 1 aromatic heterocycles. The fraction of sp³-hybridized carbons (Fsp3) is 0.412. The summed E-state index contributed by atoms with van der Waals surface area (Å²) in [6.07, 6.45) is 0. The molecule has 0 radical (unpaired) electrons. The van der Waals surface area contributed by atoms with E-state index in [1.807, 2.05) is 11.3 Å². The lowest BCUT2D eigenvalue weighted by molar-refractivity contribution is 0.201. The van der Waals surface area contributed by atoms with Crippen molar-refractivity contribution >= 4 is 11.3 Å². The van der Waals surface area contributed by atoms with E-state index in [2.05, 4.69) is 67.4 Å². The molecule has 2 nitrogen and oxygen atoms in total. The van der Waals surface area contributed by atoms with Gasteiger partial charge in [0.15, 0.2) is 0 Å². The third-order valence-corrected chi connectivity index (χ3v) is 4.47. The second-order valence-electron chi connectivity index (χ2n) is 5.62. The Kier molecular flexibility index (Phi) is 5.35. The van der Waals surface area contributed by atoms with E-state index in [0.717, 1.165) is 13.1 Å². The van der Waals surface area contributed by atoms with Crippen molar-refractivity contribution in [1.29, 1.82) is 0 Å². The number of thiophene rings is 1. The van der Waals surface area contributed by atoms with Gasteiger partial charge in [0, 0.05) is 30.1 Å². The number of nitrogens with zero attached hydrogens (tertiary/aromatic N) is 1. The number of hydrogen-bond donors (Lipinski definition) is 1. The molecule has 2 N–H and O–H groups in total. The molecule has 0 aliphatic carbocycles. The van der Waals surface area contributed by atoms with Crippen LogP contribution in [0.3, 0.4) is 0 Å². The fourth-order valence-corrected chi connectivity index (χ4v) is 2.96. The van der Waals surface area contributed by atoms with Gasteiger partial charge >= 0.3 is 0 Å². The lowest BCUT2D eigenvalue weighted by Gasteiger charge is -2.29. The highest BCUT2D eigenvalue weighted by atomic mass is 32.1. The number of nitrogens with two attached hydrogens (primary N) is 1. The van der Waals surface area contributed by atoms with Crippen LogP contribution in [0.2, 0.25) is 0 Å². The Morgan fingerprint density at radius 2 is 1.85 bits per heavy atom. The van der Waals surface area contributed by atoms with E-state index < -0.39 is 0 Å². The molecule has 0 spiro atoms. The smallest absolute Gasteiger partial charge is 0.0424 e. The van der Waals surface area contributed by atoms with Gasteiger partial charge in [-0.1, -0.05) is 35.9 Å². The van der Waals surface area contributed by atoms with Crippen molar-refractivity contribution in [2.75, 3.05) is 6.54 Å². The van der Waals surface area contributed by atoms with Crippen LogP contribution in [-0.4, -0.2) is 17.5 Å². The number of benzene rings is 1. The number of rotatable bonds is 6. The Morgan fingerprint density at radius 1 is 1.15 bits per heavy atom. The molecular weight excluding hydrogens is 264 g/mol. The average molecular weight is 288 g/mol. The molecule has 0 bridgehead atoms. The molecule has 0 saturated carbocycles. The summed E-state index contributed by atoms with van der Waals surface area (Å²) in [5.74, 6) is 0. The summed E-state index contributed by atoms with van der Waals surface area (Å²) in [5.41, 5.74) is 8.87. The largest absolute Gasteiger partial charge is 0.323 e.